The Bertz CT molecular complexity index is 844. The van der Waals surface area contributed by atoms with Crippen LogP contribution in [0.3, 0.4) is 0 Å². The number of aromatic nitrogens is 1. The minimum atomic E-state index is 0. The van der Waals surface area contributed by atoms with Gasteiger partial charge in [0.25, 0.3) is 5.91 Å². The number of likely N-dealkylation sites (N-methyl/N-ethyl adjacent to an activating group) is 1. The van der Waals surface area contributed by atoms with E-state index in [1.165, 1.54) is 16.9 Å². The normalized spacial score (nSPS) is 10.9. The van der Waals surface area contributed by atoms with Crippen molar-refractivity contribution in [2.24, 2.45) is 0 Å². The molecule has 0 aliphatic heterocycles. The maximum absolute atomic E-state index is 13.0. The molecule has 3 aromatic rings. The minimum absolute atomic E-state index is 0. The van der Waals surface area contributed by atoms with Gasteiger partial charge in [0, 0.05) is 13.1 Å². The number of halogens is 1. The Kier molecular flexibility index (Phi) is 7.58. The lowest BCUT2D eigenvalue weighted by Gasteiger charge is -2.24. The molecule has 0 bridgehead atoms. The van der Waals surface area contributed by atoms with E-state index in [2.05, 4.69) is 37.8 Å². The summed E-state index contributed by atoms with van der Waals surface area (Å²) in [6, 6.07) is 10.0. The fraction of sp³-hybridized carbons (Fsp3) is 0.368. The number of nitrogens with zero attached hydrogens (tertiary/aromatic N) is 3. The predicted molar refractivity (Wildman–Crippen MR) is 115 cm³/mol. The Morgan fingerprint density at radius 3 is 2.58 bits per heavy atom. The first-order valence-electron chi connectivity index (χ1n) is 8.57. The van der Waals surface area contributed by atoms with Crippen molar-refractivity contribution in [2.45, 2.75) is 20.8 Å². The van der Waals surface area contributed by atoms with Gasteiger partial charge in [-0.25, -0.2) is 4.98 Å². The number of amides is 1. The zero-order chi connectivity index (χ0) is 17.8. The minimum Gasteiger partial charge on any atom is -0.302 e. The number of hydrogen-bond donors (Lipinski definition) is 0. The molecule has 0 N–H and O–H groups in total. The van der Waals surface area contributed by atoms with Crippen LogP contribution < -0.4 is 4.90 Å². The average molecular weight is 410 g/mol. The van der Waals surface area contributed by atoms with E-state index in [1.807, 2.05) is 28.5 Å². The average Bonchev–Trinajstić information content (AvgIpc) is 3.27. The Morgan fingerprint density at radius 2 is 1.92 bits per heavy atom. The summed E-state index contributed by atoms with van der Waals surface area (Å²) in [5.41, 5.74) is 2.17. The topological polar surface area (TPSA) is 36.4 Å². The summed E-state index contributed by atoms with van der Waals surface area (Å²) < 4.78 is 1.13. The monoisotopic (exact) mass is 409 g/mol. The molecule has 2 aromatic heterocycles. The van der Waals surface area contributed by atoms with Crippen molar-refractivity contribution in [2.75, 3.05) is 31.1 Å². The van der Waals surface area contributed by atoms with Crippen LogP contribution in [0, 0.1) is 6.92 Å². The van der Waals surface area contributed by atoms with Gasteiger partial charge in [-0.1, -0.05) is 37.3 Å². The number of carbonyl (C=O) groups excluding carboxylic acids is 1. The lowest BCUT2D eigenvalue weighted by atomic mass is 10.2. The summed E-state index contributed by atoms with van der Waals surface area (Å²) in [4.78, 5) is 22.7. The Hall–Kier alpha value is -1.47. The number of thiophene rings is 1. The van der Waals surface area contributed by atoms with Crippen molar-refractivity contribution in [1.29, 1.82) is 0 Å². The molecular weight excluding hydrogens is 386 g/mol. The Morgan fingerprint density at radius 1 is 1.15 bits per heavy atom. The number of carbonyl (C=O) groups is 1. The van der Waals surface area contributed by atoms with E-state index in [0.29, 0.717) is 6.54 Å². The molecule has 3 rings (SSSR count). The van der Waals surface area contributed by atoms with Gasteiger partial charge in [0.2, 0.25) is 0 Å². The van der Waals surface area contributed by atoms with Crippen molar-refractivity contribution < 1.29 is 4.79 Å². The van der Waals surface area contributed by atoms with Crippen LogP contribution in [0.1, 0.15) is 29.1 Å². The quantitative estimate of drug-likeness (QED) is 0.546. The van der Waals surface area contributed by atoms with Gasteiger partial charge in [-0.15, -0.1) is 23.7 Å². The van der Waals surface area contributed by atoms with Crippen LogP contribution in [0.4, 0.5) is 5.13 Å². The third kappa shape index (κ3) is 4.62. The molecule has 7 heteroatoms. The molecule has 0 saturated heterocycles. The molecular formula is C19H24ClN3OS2. The van der Waals surface area contributed by atoms with Crippen LogP contribution in [0.25, 0.3) is 10.2 Å². The molecule has 0 aliphatic rings. The summed E-state index contributed by atoms with van der Waals surface area (Å²) in [6.07, 6.45) is 0. The standard InChI is InChI=1S/C19H23N3OS2.ClH/c1-4-21(5-2)10-11-22(18(23)16-7-6-12-24-16)19-20-15-9-8-14(3)13-17(15)25-19;/h6-9,12-13H,4-5,10-11H2,1-3H3;1H. The van der Waals surface area contributed by atoms with Crippen molar-refractivity contribution >= 4 is 56.3 Å². The van der Waals surface area contributed by atoms with Crippen molar-refractivity contribution in [3.8, 4) is 0 Å². The SMILES string of the molecule is CCN(CC)CCN(C(=O)c1cccs1)c1nc2ccc(C)cc2s1.Cl. The van der Waals surface area contributed by atoms with Crippen LogP contribution in [0.5, 0.6) is 0 Å². The van der Waals surface area contributed by atoms with Crippen LogP contribution in [0.15, 0.2) is 35.7 Å². The first-order chi connectivity index (χ1) is 12.1. The maximum atomic E-state index is 13.0. The highest BCUT2D eigenvalue weighted by atomic mass is 35.5. The second-order valence-electron chi connectivity index (χ2n) is 5.93. The Labute approximate surface area is 168 Å². The van der Waals surface area contributed by atoms with E-state index >= 15 is 0 Å². The van der Waals surface area contributed by atoms with Crippen LogP contribution in [0.2, 0.25) is 0 Å². The van der Waals surface area contributed by atoms with E-state index in [1.54, 1.807) is 11.3 Å². The summed E-state index contributed by atoms with van der Waals surface area (Å²) >= 11 is 3.07. The molecule has 0 saturated carbocycles. The molecule has 0 fully saturated rings. The van der Waals surface area contributed by atoms with Gasteiger partial charge in [0.1, 0.15) is 0 Å². The largest absolute Gasteiger partial charge is 0.302 e. The summed E-state index contributed by atoms with van der Waals surface area (Å²) in [6.45, 7) is 9.84. The molecule has 0 spiro atoms. The van der Waals surface area contributed by atoms with Crippen LogP contribution in [-0.2, 0) is 0 Å². The summed E-state index contributed by atoms with van der Waals surface area (Å²) in [5, 5.41) is 2.73. The van der Waals surface area contributed by atoms with E-state index < -0.39 is 0 Å². The molecule has 140 valence electrons. The lowest BCUT2D eigenvalue weighted by molar-refractivity contribution is 0.0987. The van der Waals surface area contributed by atoms with Crippen molar-refractivity contribution in [3.05, 3.63) is 46.2 Å². The first-order valence-corrected chi connectivity index (χ1v) is 10.3. The zero-order valence-electron chi connectivity index (χ0n) is 15.3. The van der Waals surface area contributed by atoms with Gasteiger partial charge >= 0.3 is 0 Å². The molecule has 0 atom stereocenters. The number of benzene rings is 1. The number of fused-ring (bicyclic) bond motifs is 1. The van der Waals surface area contributed by atoms with E-state index in [-0.39, 0.29) is 18.3 Å². The first kappa shape index (κ1) is 20.8. The number of hydrogen-bond acceptors (Lipinski definition) is 5. The molecule has 0 radical (unpaired) electrons. The smallest absolute Gasteiger partial charge is 0.270 e. The van der Waals surface area contributed by atoms with E-state index in [0.717, 1.165) is 39.9 Å². The number of aryl methyl sites for hydroxylation is 1. The third-order valence-corrected chi connectivity index (χ3v) is 6.17. The zero-order valence-corrected chi connectivity index (χ0v) is 17.7. The number of anilines is 1. The van der Waals surface area contributed by atoms with Gasteiger partial charge in [0.05, 0.1) is 15.1 Å². The second kappa shape index (κ2) is 9.46. The van der Waals surface area contributed by atoms with Gasteiger partial charge in [-0.05, 0) is 49.2 Å². The number of rotatable bonds is 7. The predicted octanol–water partition coefficient (Wildman–Crippen LogP) is 5.08. The van der Waals surface area contributed by atoms with E-state index in [9.17, 15) is 4.79 Å². The lowest BCUT2D eigenvalue weighted by Crippen LogP contribution is -2.38. The fourth-order valence-electron chi connectivity index (χ4n) is 2.73. The van der Waals surface area contributed by atoms with Crippen LogP contribution in [-0.4, -0.2) is 42.0 Å². The van der Waals surface area contributed by atoms with Crippen molar-refractivity contribution in [1.82, 2.24) is 9.88 Å². The van der Waals surface area contributed by atoms with Gasteiger partial charge < -0.3 is 4.90 Å². The molecule has 1 amide bonds. The van der Waals surface area contributed by atoms with Gasteiger partial charge in [-0.3, -0.25) is 9.69 Å². The highest BCUT2D eigenvalue weighted by Crippen LogP contribution is 2.30. The Balaban J connectivity index is 0.00000243. The van der Waals surface area contributed by atoms with Crippen LogP contribution >= 0.6 is 35.1 Å². The molecule has 1 aromatic carbocycles. The molecule has 0 unspecified atom stereocenters. The second-order valence-corrected chi connectivity index (χ2v) is 7.89. The van der Waals surface area contributed by atoms with Gasteiger partial charge in [0.15, 0.2) is 5.13 Å². The third-order valence-electron chi connectivity index (χ3n) is 4.27. The van der Waals surface area contributed by atoms with Crippen molar-refractivity contribution in [3.63, 3.8) is 0 Å². The number of thiazole rings is 1. The molecule has 0 aliphatic carbocycles. The summed E-state index contributed by atoms with van der Waals surface area (Å²) in [7, 11) is 0. The van der Waals surface area contributed by atoms with Gasteiger partial charge in [-0.2, -0.15) is 0 Å². The molecule has 2 heterocycles. The fourth-order valence-corrected chi connectivity index (χ4v) is 4.49. The highest BCUT2D eigenvalue weighted by Gasteiger charge is 2.22. The molecule has 4 nitrogen and oxygen atoms in total. The summed E-state index contributed by atoms with van der Waals surface area (Å²) in [5.74, 6) is 0.0398. The highest BCUT2D eigenvalue weighted by molar-refractivity contribution is 7.22. The maximum Gasteiger partial charge on any atom is 0.270 e. The van der Waals surface area contributed by atoms with E-state index in [4.69, 9.17) is 4.98 Å². The molecule has 26 heavy (non-hydrogen) atoms.